The van der Waals surface area contributed by atoms with E-state index in [-0.39, 0.29) is 6.04 Å². The van der Waals surface area contributed by atoms with Crippen LogP contribution in [0.5, 0.6) is 5.75 Å². The van der Waals surface area contributed by atoms with Gasteiger partial charge in [-0.15, -0.1) is 0 Å². The van der Waals surface area contributed by atoms with Crippen LogP contribution in [0.25, 0.3) is 0 Å². The Bertz CT molecular complexity index is 760. The molecule has 140 valence electrons. The van der Waals surface area contributed by atoms with Crippen molar-refractivity contribution in [2.45, 2.75) is 33.0 Å². The average Bonchev–Trinajstić information content (AvgIpc) is 2.55. The highest BCUT2D eigenvalue weighted by Crippen LogP contribution is 2.29. The lowest BCUT2D eigenvalue weighted by Gasteiger charge is -2.18. The number of benzene rings is 2. The van der Waals surface area contributed by atoms with Gasteiger partial charge in [-0.1, -0.05) is 6.07 Å². The monoisotopic (exact) mass is 382 g/mol. The first-order valence-electron chi connectivity index (χ1n) is 8.10. The smallest absolute Gasteiger partial charge is 0.416 e. The zero-order chi connectivity index (χ0) is 19.3. The van der Waals surface area contributed by atoms with Crippen LogP contribution in [-0.2, 0) is 6.18 Å². The van der Waals surface area contributed by atoms with Gasteiger partial charge in [-0.05, 0) is 80.5 Å². The van der Waals surface area contributed by atoms with Gasteiger partial charge in [0.2, 0.25) is 0 Å². The summed E-state index contributed by atoms with van der Waals surface area (Å²) in [6.45, 7) is 6.36. The van der Waals surface area contributed by atoms with E-state index in [2.05, 4.69) is 10.6 Å². The number of alkyl halides is 3. The summed E-state index contributed by atoms with van der Waals surface area (Å²) in [6.07, 6.45) is -4.35. The molecule has 2 aromatic rings. The third-order valence-electron chi connectivity index (χ3n) is 3.83. The third kappa shape index (κ3) is 5.91. The van der Waals surface area contributed by atoms with E-state index >= 15 is 0 Å². The molecule has 0 heterocycles. The topological polar surface area (TPSA) is 33.3 Å². The Balaban J connectivity index is 1.82. The fourth-order valence-corrected chi connectivity index (χ4v) is 2.52. The molecule has 2 aromatic carbocycles. The second kappa shape index (κ2) is 8.40. The van der Waals surface area contributed by atoms with E-state index < -0.39 is 11.7 Å². The second-order valence-electron chi connectivity index (χ2n) is 6.13. The Kier molecular flexibility index (Phi) is 6.47. The van der Waals surface area contributed by atoms with Crippen LogP contribution in [0.15, 0.2) is 42.5 Å². The highest BCUT2D eigenvalue weighted by molar-refractivity contribution is 7.80. The fraction of sp³-hybridized carbons (Fsp3) is 0.316. The van der Waals surface area contributed by atoms with E-state index in [9.17, 15) is 13.2 Å². The Morgan fingerprint density at radius 1 is 1.08 bits per heavy atom. The van der Waals surface area contributed by atoms with Crippen molar-refractivity contribution in [3.05, 3.63) is 59.2 Å². The van der Waals surface area contributed by atoms with Gasteiger partial charge in [-0.3, -0.25) is 0 Å². The van der Waals surface area contributed by atoms with Gasteiger partial charge in [-0.2, -0.15) is 13.2 Å². The highest BCUT2D eigenvalue weighted by Gasteiger charge is 2.29. The van der Waals surface area contributed by atoms with Crippen molar-refractivity contribution in [2.24, 2.45) is 0 Å². The van der Waals surface area contributed by atoms with E-state index in [1.807, 2.05) is 39.0 Å². The van der Waals surface area contributed by atoms with Gasteiger partial charge in [0.1, 0.15) is 12.4 Å². The Hall–Kier alpha value is -2.28. The molecule has 7 heteroatoms. The van der Waals surface area contributed by atoms with Crippen molar-refractivity contribution in [1.82, 2.24) is 5.32 Å². The molecule has 0 aromatic heterocycles. The molecule has 0 bridgehead atoms. The number of aryl methyl sites for hydroxylation is 2. The summed E-state index contributed by atoms with van der Waals surface area (Å²) in [5.41, 5.74) is 2.14. The number of hydrogen-bond acceptors (Lipinski definition) is 2. The lowest BCUT2D eigenvalue weighted by Crippen LogP contribution is -2.39. The first-order chi connectivity index (χ1) is 12.1. The first kappa shape index (κ1) is 20.0. The SMILES string of the molecule is Cc1ccc(OCC(C)NC(=S)Nc2ccc(C(F)(F)F)cc2)cc1C. The summed E-state index contributed by atoms with van der Waals surface area (Å²) in [6, 6.07) is 10.5. The molecule has 1 atom stereocenters. The molecule has 26 heavy (non-hydrogen) atoms. The second-order valence-corrected chi connectivity index (χ2v) is 6.54. The predicted molar refractivity (Wildman–Crippen MR) is 102 cm³/mol. The molecule has 1 unspecified atom stereocenters. The molecule has 0 amide bonds. The van der Waals surface area contributed by atoms with E-state index in [1.165, 1.54) is 17.7 Å². The maximum atomic E-state index is 12.6. The maximum absolute atomic E-state index is 12.6. The number of anilines is 1. The van der Waals surface area contributed by atoms with E-state index in [0.717, 1.165) is 23.4 Å². The van der Waals surface area contributed by atoms with Crippen LogP contribution in [0.3, 0.4) is 0 Å². The summed E-state index contributed by atoms with van der Waals surface area (Å²) in [5, 5.41) is 6.23. The summed E-state index contributed by atoms with van der Waals surface area (Å²) >= 11 is 5.19. The van der Waals surface area contributed by atoms with Crippen LogP contribution in [0, 0.1) is 13.8 Å². The fourth-order valence-electron chi connectivity index (χ4n) is 2.20. The molecule has 0 aliphatic rings. The van der Waals surface area contributed by atoms with E-state index in [1.54, 1.807) is 0 Å². The molecule has 0 saturated carbocycles. The van der Waals surface area contributed by atoms with E-state index in [0.29, 0.717) is 17.4 Å². The minimum Gasteiger partial charge on any atom is -0.491 e. The molecule has 0 fully saturated rings. The molecular formula is C19H21F3N2OS. The zero-order valence-corrected chi connectivity index (χ0v) is 15.6. The molecule has 3 nitrogen and oxygen atoms in total. The molecule has 0 spiro atoms. The molecule has 0 saturated heterocycles. The summed E-state index contributed by atoms with van der Waals surface area (Å²) in [7, 11) is 0. The lowest BCUT2D eigenvalue weighted by atomic mass is 10.1. The molecule has 0 aliphatic carbocycles. The van der Waals surface area contributed by atoms with Crippen LogP contribution in [0.2, 0.25) is 0 Å². The number of halogens is 3. The third-order valence-corrected chi connectivity index (χ3v) is 4.05. The van der Waals surface area contributed by atoms with Crippen molar-refractivity contribution < 1.29 is 17.9 Å². The van der Waals surface area contributed by atoms with Gasteiger partial charge in [0.05, 0.1) is 11.6 Å². The van der Waals surface area contributed by atoms with Crippen molar-refractivity contribution in [3.63, 3.8) is 0 Å². The average molecular weight is 382 g/mol. The molecule has 2 N–H and O–H groups in total. The van der Waals surface area contributed by atoms with Crippen LogP contribution in [0.4, 0.5) is 18.9 Å². The number of ether oxygens (including phenoxy) is 1. The Morgan fingerprint density at radius 3 is 2.31 bits per heavy atom. The first-order valence-corrected chi connectivity index (χ1v) is 8.51. The van der Waals surface area contributed by atoms with Gasteiger partial charge in [0.25, 0.3) is 0 Å². The van der Waals surface area contributed by atoms with E-state index in [4.69, 9.17) is 17.0 Å². The molecule has 2 rings (SSSR count). The standard InChI is InChI=1S/C19H21F3N2OS/c1-12-4-9-17(10-13(12)2)25-11-14(3)23-18(26)24-16-7-5-15(6-8-16)19(20,21)22/h4-10,14H,11H2,1-3H3,(H2,23,24,26). The normalized spacial score (nSPS) is 12.4. The van der Waals surface area contributed by atoms with Crippen LogP contribution >= 0.6 is 12.2 Å². The van der Waals surface area contributed by atoms with Crippen LogP contribution < -0.4 is 15.4 Å². The predicted octanol–water partition coefficient (Wildman–Crippen LogP) is 5.08. The number of nitrogens with one attached hydrogen (secondary N) is 2. The summed E-state index contributed by atoms with van der Waals surface area (Å²) < 4.78 is 43.4. The van der Waals surface area contributed by atoms with Crippen LogP contribution in [0.1, 0.15) is 23.6 Å². The number of thiocarbonyl (C=S) groups is 1. The lowest BCUT2D eigenvalue weighted by molar-refractivity contribution is -0.137. The van der Waals surface area contributed by atoms with Gasteiger partial charge in [0, 0.05) is 5.69 Å². The van der Waals surface area contributed by atoms with Gasteiger partial charge < -0.3 is 15.4 Å². The van der Waals surface area contributed by atoms with Crippen LogP contribution in [-0.4, -0.2) is 17.8 Å². The van der Waals surface area contributed by atoms with Crippen molar-refractivity contribution in [3.8, 4) is 5.75 Å². The minimum absolute atomic E-state index is 0.0777. The minimum atomic E-state index is -4.35. The molecule has 0 radical (unpaired) electrons. The molecular weight excluding hydrogens is 361 g/mol. The van der Waals surface area contributed by atoms with Gasteiger partial charge >= 0.3 is 6.18 Å². The maximum Gasteiger partial charge on any atom is 0.416 e. The van der Waals surface area contributed by atoms with Gasteiger partial charge in [0.15, 0.2) is 5.11 Å². The Labute approximate surface area is 156 Å². The number of rotatable bonds is 5. The van der Waals surface area contributed by atoms with Crippen molar-refractivity contribution in [2.75, 3.05) is 11.9 Å². The largest absolute Gasteiger partial charge is 0.491 e. The molecule has 0 aliphatic heterocycles. The van der Waals surface area contributed by atoms with Gasteiger partial charge in [-0.25, -0.2) is 0 Å². The van der Waals surface area contributed by atoms with Crippen molar-refractivity contribution >= 4 is 23.0 Å². The highest BCUT2D eigenvalue weighted by atomic mass is 32.1. The zero-order valence-electron chi connectivity index (χ0n) is 14.8. The summed E-state index contributed by atoms with van der Waals surface area (Å²) in [4.78, 5) is 0. The summed E-state index contributed by atoms with van der Waals surface area (Å²) in [5.74, 6) is 0.781. The Morgan fingerprint density at radius 2 is 1.73 bits per heavy atom. The number of hydrogen-bond donors (Lipinski definition) is 2. The van der Waals surface area contributed by atoms with Crippen molar-refractivity contribution in [1.29, 1.82) is 0 Å². The quantitative estimate of drug-likeness (QED) is 0.707.